The summed E-state index contributed by atoms with van der Waals surface area (Å²) in [5.74, 6) is -2.38. The molecule has 0 unspecified atom stereocenters. The summed E-state index contributed by atoms with van der Waals surface area (Å²) >= 11 is 0. The Kier molecular flexibility index (Phi) is 11.9. The molecule has 4 fully saturated rings. The molecule has 4 aliphatic rings. The van der Waals surface area contributed by atoms with Crippen LogP contribution in [0.15, 0.2) is 12.2 Å². The molecule has 2 amide bonds. The minimum Gasteiger partial charge on any atom is -0.458 e. The van der Waals surface area contributed by atoms with E-state index in [0.717, 1.165) is 0 Å². The van der Waals surface area contributed by atoms with Crippen LogP contribution in [0, 0.1) is 23.2 Å². The predicted octanol–water partition coefficient (Wildman–Crippen LogP) is 3.97. The summed E-state index contributed by atoms with van der Waals surface area (Å²) in [7, 11) is 3.45. The van der Waals surface area contributed by atoms with Crippen LogP contribution in [0.5, 0.6) is 0 Å². The molecule has 0 saturated carbocycles. The van der Waals surface area contributed by atoms with E-state index < -0.39 is 83.7 Å². The Bertz CT molecular complexity index is 1230. The van der Waals surface area contributed by atoms with Crippen LogP contribution in [-0.4, -0.2) is 111 Å². The Morgan fingerprint density at radius 1 is 1.06 bits per heavy atom. The van der Waals surface area contributed by atoms with Crippen molar-refractivity contribution in [2.24, 2.45) is 23.2 Å². The zero-order chi connectivity index (χ0) is 35.7. The van der Waals surface area contributed by atoms with Crippen LogP contribution < -0.4 is 10.6 Å². The van der Waals surface area contributed by atoms with Gasteiger partial charge in [-0.15, -0.1) is 0 Å². The van der Waals surface area contributed by atoms with Gasteiger partial charge in [0.05, 0.1) is 17.6 Å². The predicted molar refractivity (Wildman–Crippen MR) is 176 cm³/mol. The number of fused-ring (bicyclic) bond motifs is 4. The third-order valence-electron chi connectivity index (χ3n) is 10.6. The van der Waals surface area contributed by atoms with Crippen molar-refractivity contribution in [3.8, 4) is 0 Å². The largest absolute Gasteiger partial charge is 0.458 e. The van der Waals surface area contributed by atoms with Crippen molar-refractivity contribution in [2.45, 2.75) is 136 Å². The third-order valence-corrected chi connectivity index (χ3v) is 10.6. The Morgan fingerprint density at radius 2 is 1.75 bits per heavy atom. The first kappa shape index (κ1) is 38.1. The summed E-state index contributed by atoms with van der Waals surface area (Å²) in [5.41, 5.74) is -1.91. The summed E-state index contributed by atoms with van der Waals surface area (Å²) in [5, 5.41) is 6.09. The lowest BCUT2D eigenvalue weighted by atomic mass is 9.73. The van der Waals surface area contributed by atoms with E-state index in [1.807, 2.05) is 27.8 Å². The normalized spacial score (nSPS) is 41.4. The minimum absolute atomic E-state index is 0.0209. The molecular weight excluding hydrogens is 622 g/mol. The molecule has 12 atom stereocenters. The molecule has 0 aromatic rings. The van der Waals surface area contributed by atoms with E-state index in [2.05, 4.69) is 17.2 Å². The number of ketones is 1. The first-order chi connectivity index (χ1) is 22.5. The van der Waals surface area contributed by atoms with Gasteiger partial charge in [-0.2, -0.15) is 0 Å². The van der Waals surface area contributed by atoms with Gasteiger partial charge >= 0.3 is 18.2 Å². The number of alkyl carbamates (subject to hydrolysis) is 1. The number of ether oxygens (including phenoxy) is 6. The highest BCUT2D eigenvalue weighted by molar-refractivity contribution is 5.85. The fraction of sp³-hybridized carbons (Fsp3) is 0.829. The van der Waals surface area contributed by atoms with Gasteiger partial charge in [0, 0.05) is 38.1 Å². The van der Waals surface area contributed by atoms with Gasteiger partial charge in [0.25, 0.3) is 0 Å². The van der Waals surface area contributed by atoms with Crippen molar-refractivity contribution >= 4 is 23.9 Å². The maximum Gasteiger partial charge on any atom is 0.410 e. The first-order valence-corrected chi connectivity index (χ1v) is 17.3. The van der Waals surface area contributed by atoms with Crippen LogP contribution >= 0.6 is 0 Å². The molecule has 272 valence electrons. The molecule has 0 aliphatic carbocycles. The average molecular weight is 680 g/mol. The summed E-state index contributed by atoms with van der Waals surface area (Å²) < 4.78 is 37.4. The van der Waals surface area contributed by atoms with Crippen LogP contribution in [0.2, 0.25) is 0 Å². The number of nitrogens with one attached hydrogen (secondary N) is 2. The summed E-state index contributed by atoms with van der Waals surface area (Å²) in [6.45, 7) is 18.8. The number of rotatable bonds is 5. The number of amides is 2. The monoisotopic (exact) mass is 679 g/mol. The van der Waals surface area contributed by atoms with E-state index in [-0.39, 0.29) is 43.9 Å². The molecule has 0 aromatic heterocycles. The summed E-state index contributed by atoms with van der Waals surface area (Å²) in [4.78, 5) is 56.7. The standard InChI is InChI=1S/C35H57N3O10/c1-12-24-28-25-22(6)26(39)19(3)15-35(9,48-32(41)37-16-18(2)17-38(25)33(42)46-28)29(20(4)14-34(7,8)31(40)45-24)47-30-27(43-11)23(36-10)13-21(5)44-30/h19-25,27-30,36H,2,12-17H2,1,3-11H3,(H,37,41)/t19-,20+,21-,22-,23+,24-,25-,27-,28-,29-,30+,35-/m1/s1. The number of nitrogens with zero attached hydrogens (tertiary/aromatic N) is 1. The van der Waals surface area contributed by atoms with Crippen molar-refractivity contribution in [1.82, 2.24) is 15.5 Å². The summed E-state index contributed by atoms with van der Waals surface area (Å²) in [6, 6.07) is -0.813. The number of cyclic esters (lactones) is 1. The number of carbonyl (C=O) groups excluding carboxylic acids is 4. The number of Topliss-reactive ketones (excluding diaryl/α,β-unsaturated/α-hetero) is 1. The Morgan fingerprint density at radius 3 is 2.38 bits per heavy atom. The van der Waals surface area contributed by atoms with Crippen molar-refractivity contribution in [3.05, 3.63) is 12.2 Å². The molecule has 4 saturated heterocycles. The smallest absolute Gasteiger partial charge is 0.410 e. The first-order valence-electron chi connectivity index (χ1n) is 17.3. The molecule has 48 heavy (non-hydrogen) atoms. The van der Waals surface area contributed by atoms with Crippen LogP contribution in [0.1, 0.15) is 81.1 Å². The van der Waals surface area contributed by atoms with Gasteiger partial charge in [0.15, 0.2) is 12.4 Å². The second-order valence-corrected chi connectivity index (χ2v) is 15.2. The Hall–Kier alpha value is -2.74. The number of carbonyl (C=O) groups is 4. The lowest BCUT2D eigenvalue weighted by Crippen LogP contribution is -2.59. The molecule has 0 radical (unpaired) electrons. The number of esters is 1. The lowest BCUT2D eigenvalue weighted by Gasteiger charge is -2.47. The zero-order valence-corrected chi connectivity index (χ0v) is 30.3. The fourth-order valence-corrected chi connectivity index (χ4v) is 8.27. The van der Waals surface area contributed by atoms with E-state index in [4.69, 9.17) is 28.4 Å². The highest BCUT2D eigenvalue weighted by atomic mass is 16.7. The SMILES string of the molecule is C=C1CNC(=O)O[C@]2(C)C[C@@H](C)C(=O)[C@H](C)[C@@H]3[C@H](OC(=O)N3C1)[C@@H](CC)OC(=O)C(C)(C)C[C@H](C)[C@H]2O[C@@H]1O[C@H](C)C[C@H](NC)[C@H]1OC. The van der Waals surface area contributed by atoms with Gasteiger partial charge in [0.2, 0.25) is 0 Å². The van der Waals surface area contributed by atoms with Gasteiger partial charge in [-0.25, -0.2) is 9.59 Å². The molecular formula is C35H57N3O10. The Labute approximate surface area is 285 Å². The molecule has 4 rings (SSSR count). The second kappa shape index (κ2) is 15.0. The van der Waals surface area contributed by atoms with E-state index in [1.54, 1.807) is 41.7 Å². The van der Waals surface area contributed by atoms with E-state index in [0.29, 0.717) is 18.4 Å². The van der Waals surface area contributed by atoms with Crippen molar-refractivity contribution in [3.63, 3.8) is 0 Å². The maximum atomic E-state index is 14.4. The van der Waals surface area contributed by atoms with Crippen molar-refractivity contribution in [1.29, 1.82) is 0 Å². The third kappa shape index (κ3) is 7.84. The number of methoxy groups -OCH3 is 1. The highest BCUT2D eigenvalue weighted by Crippen LogP contribution is 2.42. The zero-order valence-electron chi connectivity index (χ0n) is 30.3. The molecule has 4 heterocycles. The second-order valence-electron chi connectivity index (χ2n) is 15.2. The van der Waals surface area contributed by atoms with Gasteiger partial charge in [-0.05, 0) is 71.9 Å². The van der Waals surface area contributed by atoms with Crippen LogP contribution in [0.4, 0.5) is 9.59 Å². The number of hydrogen-bond acceptors (Lipinski definition) is 11. The van der Waals surface area contributed by atoms with Gasteiger partial charge < -0.3 is 39.1 Å². The highest BCUT2D eigenvalue weighted by Gasteiger charge is 2.55. The molecule has 2 bridgehead atoms. The van der Waals surface area contributed by atoms with Gasteiger partial charge in [0.1, 0.15) is 29.7 Å². The van der Waals surface area contributed by atoms with Gasteiger partial charge in [-0.3, -0.25) is 14.5 Å². The lowest BCUT2D eigenvalue weighted by molar-refractivity contribution is -0.293. The molecule has 2 N–H and O–H groups in total. The topological polar surface area (TPSA) is 151 Å². The van der Waals surface area contributed by atoms with E-state index in [1.165, 1.54) is 4.90 Å². The van der Waals surface area contributed by atoms with Crippen LogP contribution in [-0.2, 0) is 38.0 Å². The molecule has 13 heteroatoms. The van der Waals surface area contributed by atoms with E-state index >= 15 is 0 Å². The van der Waals surface area contributed by atoms with Gasteiger partial charge in [-0.1, -0.05) is 34.3 Å². The van der Waals surface area contributed by atoms with Crippen LogP contribution in [0.3, 0.4) is 0 Å². The minimum atomic E-state index is -1.39. The molecule has 0 aromatic carbocycles. The van der Waals surface area contributed by atoms with E-state index in [9.17, 15) is 19.2 Å². The van der Waals surface area contributed by atoms with Crippen molar-refractivity contribution < 1.29 is 47.6 Å². The Balaban J connectivity index is 1.89. The number of hydrogen-bond donors (Lipinski definition) is 2. The number of likely N-dealkylation sites (N-methyl/N-ethyl adjacent to an activating group) is 1. The molecule has 4 aliphatic heterocycles. The van der Waals surface area contributed by atoms with Crippen molar-refractivity contribution in [2.75, 3.05) is 27.2 Å². The average Bonchev–Trinajstić information content (AvgIpc) is 3.33. The summed E-state index contributed by atoms with van der Waals surface area (Å²) in [6.07, 6.45) is -3.95. The quantitative estimate of drug-likeness (QED) is 0.247. The maximum absolute atomic E-state index is 14.4. The molecule has 0 spiro atoms. The fourth-order valence-electron chi connectivity index (χ4n) is 8.27. The molecule has 13 nitrogen and oxygen atoms in total. The van der Waals surface area contributed by atoms with Crippen LogP contribution in [0.25, 0.3) is 0 Å².